The molecule has 3 aromatic carbocycles. The van der Waals surface area contributed by atoms with Gasteiger partial charge in [0.2, 0.25) is 27.6 Å². The molecule has 0 radical (unpaired) electrons. The van der Waals surface area contributed by atoms with E-state index in [0.717, 1.165) is 54.1 Å². The van der Waals surface area contributed by atoms with E-state index in [-0.39, 0.29) is 47.2 Å². The fraction of sp³-hybridized carbons (Fsp3) is 0.350. The van der Waals surface area contributed by atoms with Gasteiger partial charge in [-0.2, -0.15) is 4.31 Å². The number of hydrogen-bond acceptors (Lipinski definition) is 15. The number of amides is 2. The van der Waals surface area contributed by atoms with E-state index in [4.69, 9.17) is 10.8 Å². The van der Waals surface area contributed by atoms with Gasteiger partial charge >= 0.3 is 0 Å². The van der Waals surface area contributed by atoms with Crippen LogP contribution in [0.4, 0.5) is 0 Å². The Morgan fingerprint density at radius 1 is 0.873 bits per heavy atom. The summed E-state index contributed by atoms with van der Waals surface area (Å²) >= 11 is 0.933. The van der Waals surface area contributed by atoms with Gasteiger partial charge in [0.25, 0.3) is 20.0 Å². The average Bonchev–Trinajstić information content (AvgIpc) is 3.77. The largest absolute Gasteiger partial charge is 0.331 e. The Kier molecular flexibility index (Phi) is 16.0. The average molecular weight is 943 g/mol. The van der Waals surface area contributed by atoms with Crippen LogP contribution in [0.15, 0.2) is 100 Å². The molecule has 1 unspecified atom stereocenters. The minimum absolute atomic E-state index is 0.0966. The number of thiazole rings is 1. The third-order valence-corrected chi connectivity index (χ3v) is 15.7. The first kappa shape index (κ1) is 48.9. The Morgan fingerprint density at radius 2 is 1.46 bits per heavy atom. The van der Waals surface area contributed by atoms with Crippen molar-refractivity contribution < 1.29 is 39.6 Å². The fourth-order valence-electron chi connectivity index (χ4n) is 7.02. The molecule has 19 nitrogen and oxygen atoms in total. The van der Waals surface area contributed by atoms with Crippen LogP contribution in [0.25, 0.3) is 0 Å². The highest BCUT2D eigenvalue weighted by Crippen LogP contribution is 2.28. The monoisotopic (exact) mass is 942 g/mol. The number of carbonyl (C=O) groups excluding carboxylic acids is 3. The molecule has 0 aliphatic carbocycles. The summed E-state index contributed by atoms with van der Waals surface area (Å²) in [5.41, 5.74) is -0.213. The molecule has 5 rings (SSSR count). The maximum atomic E-state index is 14.8. The lowest BCUT2D eigenvalue weighted by Crippen LogP contribution is -2.70. The van der Waals surface area contributed by atoms with Crippen molar-refractivity contribution in [2.24, 2.45) is 0 Å². The van der Waals surface area contributed by atoms with Gasteiger partial charge in [-0.05, 0) is 68.9 Å². The van der Waals surface area contributed by atoms with Gasteiger partial charge in [0.1, 0.15) is 6.04 Å². The maximum Gasteiger partial charge on any atom is 0.253 e. The van der Waals surface area contributed by atoms with Crippen LogP contribution in [-0.2, 0) is 45.4 Å². The molecule has 4 aromatic rings. The second-order valence-corrected chi connectivity index (χ2v) is 21.0. The van der Waals surface area contributed by atoms with Crippen LogP contribution in [0, 0.1) is 24.7 Å². The summed E-state index contributed by atoms with van der Waals surface area (Å²) in [6, 6.07) is 17.1. The zero-order valence-electron chi connectivity index (χ0n) is 35.0. The normalized spacial score (nSPS) is 16.7. The molecule has 1 saturated heterocycles. The summed E-state index contributed by atoms with van der Waals surface area (Å²) in [5.74, 6) is -3.22. The van der Waals surface area contributed by atoms with E-state index in [2.05, 4.69) is 20.0 Å². The fourth-order valence-corrected chi connectivity index (χ4v) is 11.6. The Labute approximate surface area is 371 Å². The molecule has 23 heteroatoms. The first-order chi connectivity index (χ1) is 29.7. The molecule has 1 aliphatic rings. The summed E-state index contributed by atoms with van der Waals surface area (Å²) < 4.78 is 83.8. The Hall–Kier alpha value is -5.11. The van der Waals surface area contributed by atoms with Crippen molar-refractivity contribution in [1.82, 2.24) is 39.2 Å². The van der Waals surface area contributed by atoms with Crippen molar-refractivity contribution in [3.63, 3.8) is 0 Å². The van der Waals surface area contributed by atoms with Gasteiger partial charge in [-0.15, -0.1) is 21.0 Å². The number of rotatable bonds is 22. The van der Waals surface area contributed by atoms with Gasteiger partial charge in [0.15, 0.2) is 10.7 Å². The lowest BCUT2D eigenvalue weighted by Gasteiger charge is -2.45. The number of sulfonamides is 3. The summed E-state index contributed by atoms with van der Waals surface area (Å²) in [5, 5.41) is 21.8. The van der Waals surface area contributed by atoms with E-state index >= 15 is 0 Å². The van der Waals surface area contributed by atoms with Crippen molar-refractivity contribution >= 4 is 71.4 Å². The third-order valence-electron chi connectivity index (χ3n) is 10.3. The summed E-state index contributed by atoms with van der Waals surface area (Å²) in [6.07, 6.45) is 2.48. The van der Waals surface area contributed by atoms with Crippen molar-refractivity contribution in [3.05, 3.63) is 112 Å². The van der Waals surface area contributed by atoms with E-state index < -0.39 is 77.7 Å². The van der Waals surface area contributed by atoms with Crippen LogP contribution in [0.5, 0.6) is 0 Å². The predicted molar refractivity (Wildman–Crippen MR) is 237 cm³/mol. The minimum atomic E-state index is -4.37. The molecule has 1 aromatic heterocycles. The van der Waals surface area contributed by atoms with Crippen molar-refractivity contribution in [2.75, 3.05) is 33.7 Å². The molecule has 1 aliphatic heterocycles. The summed E-state index contributed by atoms with van der Waals surface area (Å²) in [4.78, 5) is 53.2. The SMILES string of the molecule is Cc1ccc(S(=O)(=O)NN(C)C(CC=N)[C@H]2C(=O)N(CC(=O)N[C@](CCC=N)(C(=O)c3nccs3)N(C)NS(=O)(=O)c3ccc(C)cc3)CCN2S(=O)(=O)Cc2ccccc2)cc1. The third kappa shape index (κ3) is 11.7. The number of likely N-dealkylation sites (N-methyl/N-ethyl adjacent to an activating group) is 2. The van der Waals surface area contributed by atoms with Crippen molar-refractivity contribution in [1.29, 1.82) is 10.8 Å². The first-order valence-electron chi connectivity index (χ1n) is 19.4. The van der Waals surface area contributed by atoms with Crippen LogP contribution in [0.3, 0.4) is 0 Å². The van der Waals surface area contributed by atoms with E-state index in [1.54, 1.807) is 68.4 Å². The standard InChI is InChI=1S/C40H50N10O9S4/c1-29-11-15-32(16-12-29)62(56,57)45-47(3)34(19-22-42)36-39(53)49(24-25-50(36)61(54,55)28-31-9-6-5-7-10-31)27-35(51)44-40(20-8-21-41,37(52)38-43-23-26-60-38)48(4)46-63(58,59)33-17-13-30(2)14-18-33/h5-7,9-18,21-23,26,34,36,41-42,45-46H,8,19-20,24-25,27-28H2,1-4H3,(H,44,51)/t34?,36-,40-/m0/s1. The highest BCUT2D eigenvalue weighted by Gasteiger charge is 2.50. The second-order valence-electron chi connectivity index (χ2n) is 14.9. The highest BCUT2D eigenvalue weighted by molar-refractivity contribution is 7.89. The maximum absolute atomic E-state index is 14.8. The molecule has 0 spiro atoms. The van der Waals surface area contributed by atoms with E-state index in [1.807, 2.05) is 0 Å². The number of carbonyl (C=O) groups is 3. The van der Waals surface area contributed by atoms with E-state index in [9.17, 15) is 39.6 Å². The van der Waals surface area contributed by atoms with Gasteiger partial charge in [-0.1, -0.05) is 65.7 Å². The van der Waals surface area contributed by atoms with Gasteiger partial charge < -0.3 is 21.0 Å². The summed E-state index contributed by atoms with van der Waals surface area (Å²) in [6.45, 7) is 2.11. The van der Waals surface area contributed by atoms with Gasteiger partial charge in [0.05, 0.1) is 28.1 Å². The molecular formula is C40H50N10O9S4. The van der Waals surface area contributed by atoms with Crippen LogP contribution in [0.1, 0.15) is 45.8 Å². The van der Waals surface area contributed by atoms with Crippen LogP contribution < -0.4 is 15.0 Å². The van der Waals surface area contributed by atoms with Crippen molar-refractivity contribution in [3.8, 4) is 0 Å². The number of benzene rings is 3. The Bertz CT molecular complexity index is 2600. The zero-order chi connectivity index (χ0) is 46.2. The number of aryl methyl sites for hydroxylation is 2. The number of piperazine rings is 1. The predicted octanol–water partition coefficient (Wildman–Crippen LogP) is 2.29. The number of hydrogen-bond donors (Lipinski definition) is 5. The number of Topliss-reactive ketones (excluding diaryl/α,β-unsaturated/α-hetero) is 1. The number of nitrogens with one attached hydrogen (secondary N) is 5. The number of hydrazine groups is 2. The molecule has 0 saturated carbocycles. The number of aromatic nitrogens is 1. The topological polar surface area (TPSA) is 263 Å². The van der Waals surface area contributed by atoms with Crippen molar-refractivity contribution in [2.45, 2.75) is 66.4 Å². The van der Waals surface area contributed by atoms with Gasteiger partial charge in [-0.3, -0.25) is 14.4 Å². The molecule has 63 heavy (non-hydrogen) atoms. The molecule has 3 atom stereocenters. The van der Waals surface area contributed by atoms with Crippen LogP contribution in [0.2, 0.25) is 0 Å². The van der Waals surface area contributed by atoms with Crippen LogP contribution in [-0.4, -0.2) is 131 Å². The quantitative estimate of drug-likeness (QED) is 0.0329. The Morgan fingerprint density at radius 3 is 2.00 bits per heavy atom. The molecule has 2 amide bonds. The lowest BCUT2D eigenvalue weighted by molar-refractivity contribution is -0.145. The number of nitrogens with zero attached hydrogens (tertiary/aromatic N) is 5. The first-order valence-corrected chi connectivity index (χ1v) is 24.9. The molecule has 0 bridgehead atoms. The molecule has 338 valence electrons. The summed E-state index contributed by atoms with van der Waals surface area (Å²) in [7, 11) is -10.5. The minimum Gasteiger partial charge on any atom is -0.331 e. The molecule has 1 fully saturated rings. The van der Waals surface area contributed by atoms with Gasteiger partial charge in [-0.25, -0.2) is 40.3 Å². The van der Waals surface area contributed by atoms with Gasteiger partial charge in [0, 0.05) is 45.2 Å². The second kappa shape index (κ2) is 20.6. The van der Waals surface area contributed by atoms with E-state index in [1.165, 1.54) is 49.9 Å². The molecule has 2 heterocycles. The molecule has 5 N–H and O–H groups in total. The smallest absolute Gasteiger partial charge is 0.253 e. The Balaban J connectivity index is 1.51. The zero-order valence-corrected chi connectivity index (χ0v) is 38.2. The lowest BCUT2D eigenvalue weighted by atomic mass is 9.97. The highest BCUT2D eigenvalue weighted by atomic mass is 32.2. The van der Waals surface area contributed by atoms with Crippen LogP contribution >= 0.6 is 11.3 Å². The van der Waals surface area contributed by atoms with E-state index in [0.29, 0.717) is 5.56 Å². The number of ketones is 1. The molecular weight excluding hydrogens is 893 g/mol.